The molecule has 5 rings (SSSR count). The molecule has 2 fully saturated rings. The van der Waals surface area contributed by atoms with E-state index in [2.05, 4.69) is 25.7 Å². The average Bonchev–Trinajstić information content (AvgIpc) is 3.41. The van der Waals surface area contributed by atoms with Crippen LogP contribution in [0.3, 0.4) is 0 Å². The van der Waals surface area contributed by atoms with E-state index in [0.29, 0.717) is 18.7 Å². The van der Waals surface area contributed by atoms with Crippen LogP contribution in [0.25, 0.3) is 0 Å². The van der Waals surface area contributed by atoms with Crippen molar-refractivity contribution in [2.75, 3.05) is 77.0 Å². The maximum Gasteiger partial charge on any atom is 0.416 e. The highest BCUT2D eigenvalue weighted by molar-refractivity contribution is 7.99. The maximum absolute atomic E-state index is 13.5. The SMILES string of the molecule is OCCc1ccc2c(c1)Sc1ccc(C(F)(F)F)cc1N2CCCN1CCN(CCN2CCCC2)CC1. The van der Waals surface area contributed by atoms with Crippen molar-refractivity contribution in [1.29, 1.82) is 0 Å². The van der Waals surface area contributed by atoms with Crippen LogP contribution in [0.15, 0.2) is 46.2 Å². The first kappa shape index (κ1) is 26.8. The van der Waals surface area contributed by atoms with Crippen LogP contribution >= 0.6 is 11.8 Å². The van der Waals surface area contributed by atoms with Crippen molar-refractivity contribution in [2.24, 2.45) is 0 Å². The molecule has 0 saturated carbocycles. The molecule has 1 N–H and O–H groups in total. The van der Waals surface area contributed by atoms with Crippen molar-refractivity contribution < 1.29 is 18.3 Å². The number of hydrogen-bond donors (Lipinski definition) is 1. The van der Waals surface area contributed by atoms with E-state index in [9.17, 15) is 18.3 Å². The van der Waals surface area contributed by atoms with Crippen molar-refractivity contribution in [3.05, 3.63) is 47.5 Å². The molecule has 5 nitrogen and oxygen atoms in total. The third-order valence-electron chi connectivity index (χ3n) is 7.76. The predicted molar refractivity (Wildman–Crippen MR) is 143 cm³/mol. The molecule has 9 heteroatoms. The highest BCUT2D eigenvalue weighted by atomic mass is 32.2. The Labute approximate surface area is 222 Å². The van der Waals surface area contributed by atoms with Gasteiger partial charge in [0, 0.05) is 62.2 Å². The van der Waals surface area contributed by atoms with E-state index < -0.39 is 11.7 Å². The number of alkyl halides is 3. The lowest BCUT2D eigenvalue weighted by molar-refractivity contribution is -0.137. The summed E-state index contributed by atoms with van der Waals surface area (Å²) in [5.41, 5.74) is 2.01. The number of rotatable bonds is 9. The Morgan fingerprint density at radius 2 is 1.41 bits per heavy atom. The molecule has 2 aromatic carbocycles. The van der Waals surface area contributed by atoms with Gasteiger partial charge in [-0.3, -0.25) is 4.90 Å². The Kier molecular flexibility index (Phi) is 8.66. The molecule has 0 amide bonds. The minimum absolute atomic E-state index is 0.0736. The standard InChI is InChI=1S/C28H37F3N4OS/c29-28(30,31)23-5-7-26-25(21-23)35(24-6-4-22(8-19-36)20-27(24)37-26)12-3-11-33-14-17-34(18-15-33)16-13-32-9-1-2-10-32/h4-7,20-21,36H,1-3,8-19H2. The second-order valence-electron chi connectivity index (χ2n) is 10.3. The number of aliphatic hydroxyl groups is 1. The zero-order valence-electron chi connectivity index (χ0n) is 21.3. The van der Waals surface area contributed by atoms with Crippen LogP contribution in [0.5, 0.6) is 0 Å². The van der Waals surface area contributed by atoms with Gasteiger partial charge in [0.15, 0.2) is 0 Å². The Hall–Kier alpha value is -1.78. The first-order valence-corrected chi connectivity index (χ1v) is 14.3. The summed E-state index contributed by atoms with van der Waals surface area (Å²) in [6.07, 6.45) is -0.256. The van der Waals surface area contributed by atoms with Crippen LogP contribution in [0.1, 0.15) is 30.4 Å². The molecule has 0 radical (unpaired) electrons. The summed E-state index contributed by atoms with van der Waals surface area (Å²) in [6.45, 7) is 10.8. The molecule has 0 aliphatic carbocycles. The minimum atomic E-state index is -4.37. The van der Waals surface area contributed by atoms with E-state index >= 15 is 0 Å². The zero-order chi connectivity index (χ0) is 25.8. The molecule has 2 saturated heterocycles. The molecule has 3 aliphatic heterocycles. The van der Waals surface area contributed by atoms with Gasteiger partial charge < -0.3 is 19.8 Å². The predicted octanol–water partition coefficient (Wildman–Crippen LogP) is 4.95. The van der Waals surface area contributed by atoms with Gasteiger partial charge in [-0.1, -0.05) is 17.8 Å². The van der Waals surface area contributed by atoms with Crippen LogP contribution in [-0.4, -0.2) is 91.9 Å². The molecular weight excluding hydrogens is 497 g/mol. The molecular formula is C28H37F3N4OS. The fourth-order valence-electron chi connectivity index (χ4n) is 5.61. The number of likely N-dealkylation sites (tertiary alicyclic amines) is 1. The van der Waals surface area contributed by atoms with Crippen LogP contribution in [-0.2, 0) is 12.6 Å². The van der Waals surface area contributed by atoms with Crippen molar-refractivity contribution >= 4 is 23.1 Å². The lowest BCUT2D eigenvalue weighted by Crippen LogP contribution is -2.48. The van der Waals surface area contributed by atoms with Gasteiger partial charge in [0.1, 0.15) is 0 Å². The van der Waals surface area contributed by atoms with Crippen molar-refractivity contribution in [1.82, 2.24) is 14.7 Å². The van der Waals surface area contributed by atoms with E-state index in [1.165, 1.54) is 56.4 Å². The van der Waals surface area contributed by atoms with Crippen molar-refractivity contribution in [2.45, 2.75) is 41.7 Å². The summed E-state index contributed by atoms with van der Waals surface area (Å²) in [4.78, 5) is 11.6. The molecule has 37 heavy (non-hydrogen) atoms. The molecule has 3 heterocycles. The summed E-state index contributed by atoms with van der Waals surface area (Å²) < 4.78 is 40.6. The third-order valence-corrected chi connectivity index (χ3v) is 8.88. The Morgan fingerprint density at radius 3 is 2.08 bits per heavy atom. The largest absolute Gasteiger partial charge is 0.416 e. The second-order valence-corrected chi connectivity index (χ2v) is 11.4. The smallest absolute Gasteiger partial charge is 0.396 e. The van der Waals surface area contributed by atoms with Crippen molar-refractivity contribution in [3.63, 3.8) is 0 Å². The average molecular weight is 535 g/mol. The number of hydrogen-bond acceptors (Lipinski definition) is 6. The van der Waals surface area contributed by atoms with Crippen LogP contribution in [0.2, 0.25) is 0 Å². The highest BCUT2D eigenvalue weighted by Gasteiger charge is 2.33. The number of piperazine rings is 1. The second kappa shape index (κ2) is 11.9. The van der Waals surface area contributed by atoms with E-state index in [-0.39, 0.29) is 6.61 Å². The van der Waals surface area contributed by atoms with Gasteiger partial charge in [0.2, 0.25) is 0 Å². The van der Waals surface area contributed by atoms with E-state index in [1.807, 2.05) is 12.1 Å². The number of anilines is 2. The van der Waals surface area contributed by atoms with Gasteiger partial charge in [0.05, 0.1) is 16.9 Å². The lowest BCUT2D eigenvalue weighted by Gasteiger charge is -2.37. The van der Waals surface area contributed by atoms with Gasteiger partial charge in [-0.15, -0.1) is 0 Å². The molecule has 2 aromatic rings. The summed E-state index contributed by atoms with van der Waals surface area (Å²) >= 11 is 1.51. The quantitative estimate of drug-likeness (QED) is 0.491. The van der Waals surface area contributed by atoms with Crippen molar-refractivity contribution in [3.8, 4) is 0 Å². The Balaban J connectivity index is 1.22. The maximum atomic E-state index is 13.5. The summed E-state index contributed by atoms with van der Waals surface area (Å²) in [6, 6.07) is 10.1. The number of halogens is 3. The van der Waals surface area contributed by atoms with E-state index in [4.69, 9.17) is 0 Å². The molecule has 0 spiro atoms. The van der Waals surface area contributed by atoms with E-state index in [0.717, 1.165) is 66.7 Å². The molecule has 0 bridgehead atoms. The first-order valence-electron chi connectivity index (χ1n) is 13.5. The van der Waals surface area contributed by atoms with Crippen LogP contribution in [0, 0.1) is 0 Å². The molecule has 202 valence electrons. The third kappa shape index (κ3) is 6.63. The van der Waals surface area contributed by atoms with Crippen LogP contribution < -0.4 is 4.90 Å². The molecule has 0 aromatic heterocycles. The normalized spacial score (nSPS) is 19.3. The summed E-state index contributed by atoms with van der Waals surface area (Å²) in [5.74, 6) is 0. The van der Waals surface area contributed by atoms with Gasteiger partial charge in [-0.05, 0) is 81.2 Å². The van der Waals surface area contributed by atoms with E-state index in [1.54, 1.807) is 6.07 Å². The number of aliphatic hydroxyl groups excluding tert-OH is 1. The van der Waals surface area contributed by atoms with Gasteiger partial charge in [-0.2, -0.15) is 13.2 Å². The number of benzene rings is 2. The fraction of sp³-hybridized carbons (Fsp3) is 0.571. The summed E-state index contributed by atoms with van der Waals surface area (Å²) in [7, 11) is 0. The topological polar surface area (TPSA) is 33.2 Å². The van der Waals surface area contributed by atoms with Gasteiger partial charge in [-0.25, -0.2) is 0 Å². The number of fused-ring (bicyclic) bond motifs is 2. The summed E-state index contributed by atoms with van der Waals surface area (Å²) in [5, 5.41) is 9.34. The monoisotopic (exact) mass is 534 g/mol. The molecule has 0 atom stereocenters. The molecule has 3 aliphatic rings. The number of nitrogens with zero attached hydrogens (tertiary/aromatic N) is 4. The Bertz CT molecular complexity index is 1050. The zero-order valence-corrected chi connectivity index (χ0v) is 22.2. The van der Waals surface area contributed by atoms with Gasteiger partial charge in [0.25, 0.3) is 0 Å². The highest BCUT2D eigenvalue weighted by Crippen LogP contribution is 2.50. The Morgan fingerprint density at radius 1 is 0.730 bits per heavy atom. The fourth-order valence-corrected chi connectivity index (χ4v) is 6.75. The van der Waals surface area contributed by atoms with Crippen LogP contribution in [0.4, 0.5) is 24.5 Å². The lowest BCUT2D eigenvalue weighted by atomic mass is 10.1. The molecule has 0 unspecified atom stereocenters. The minimum Gasteiger partial charge on any atom is -0.396 e. The first-order chi connectivity index (χ1) is 17.9. The van der Waals surface area contributed by atoms with Gasteiger partial charge >= 0.3 is 6.18 Å².